The molecule has 2 aromatic carbocycles. The molecule has 0 radical (unpaired) electrons. The highest BCUT2D eigenvalue weighted by molar-refractivity contribution is 6.32. The van der Waals surface area contributed by atoms with Gasteiger partial charge in [-0.2, -0.15) is 5.26 Å². The van der Waals surface area contributed by atoms with Gasteiger partial charge >= 0.3 is 0 Å². The van der Waals surface area contributed by atoms with Crippen molar-refractivity contribution < 1.29 is 4.74 Å². The Balaban J connectivity index is 2.19. The molecule has 0 heterocycles. The molecule has 1 N–H and O–H groups in total. The molecule has 0 saturated heterocycles. The summed E-state index contributed by atoms with van der Waals surface area (Å²) in [5, 5.41) is 12.5. The Hall–Kier alpha value is -2.02. The number of hydrogen-bond acceptors (Lipinski definition) is 3. The summed E-state index contributed by atoms with van der Waals surface area (Å²) in [6, 6.07) is 15.2. The fourth-order valence-electron chi connectivity index (χ4n) is 1.76. The van der Waals surface area contributed by atoms with Crippen LogP contribution < -0.4 is 5.32 Å². The lowest BCUT2D eigenvalue weighted by atomic mass is 10.2. The maximum atomic E-state index is 8.83. The lowest BCUT2D eigenvalue weighted by molar-refractivity contribution is 0.185. The normalized spacial score (nSPS) is 9.95. The molecule has 0 spiro atoms. The van der Waals surface area contributed by atoms with E-state index in [4.69, 9.17) is 21.6 Å². The number of nitrogens with zero attached hydrogens (tertiary/aromatic N) is 1. The van der Waals surface area contributed by atoms with E-state index in [1.54, 1.807) is 19.2 Å². The van der Waals surface area contributed by atoms with Crippen molar-refractivity contribution >= 4 is 23.0 Å². The second-order valence-corrected chi connectivity index (χ2v) is 4.47. The first-order valence-corrected chi connectivity index (χ1v) is 6.15. The van der Waals surface area contributed by atoms with Crippen molar-refractivity contribution in [3.05, 3.63) is 58.6 Å². The summed E-state index contributed by atoms with van der Waals surface area (Å²) >= 11 is 5.99. The van der Waals surface area contributed by atoms with Crippen LogP contribution in [0.2, 0.25) is 5.02 Å². The number of hydrogen-bond donors (Lipinski definition) is 1. The van der Waals surface area contributed by atoms with E-state index in [1.807, 2.05) is 36.4 Å². The first-order valence-electron chi connectivity index (χ1n) is 5.77. The number of nitrogens with one attached hydrogen (secondary N) is 1. The van der Waals surface area contributed by atoms with Gasteiger partial charge < -0.3 is 10.1 Å². The number of methoxy groups -OCH3 is 1. The van der Waals surface area contributed by atoms with E-state index in [0.717, 1.165) is 16.9 Å². The van der Waals surface area contributed by atoms with Crippen LogP contribution in [-0.2, 0) is 11.3 Å². The van der Waals surface area contributed by atoms with Gasteiger partial charge in [0.05, 0.1) is 17.2 Å². The second kappa shape index (κ2) is 6.24. The SMILES string of the molecule is COCc1cccc(Nc2ccc(C#N)c(Cl)c2)c1. The molecule has 96 valence electrons. The summed E-state index contributed by atoms with van der Waals surface area (Å²) in [6.45, 7) is 0.573. The van der Waals surface area contributed by atoms with E-state index < -0.39 is 0 Å². The average Bonchev–Trinajstić information content (AvgIpc) is 2.40. The Bertz CT molecular complexity index is 620. The number of nitriles is 1. The zero-order valence-electron chi connectivity index (χ0n) is 10.5. The van der Waals surface area contributed by atoms with Gasteiger partial charge in [0.15, 0.2) is 0 Å². The van der Waals surface area contributed by atoms with Crippen LogP contribution in [0.3, 0.4) is 0 Å². The van der Waals surface area contributed by atoms with Crippen LogP contribution >= 0.6 is 11.6 Å². The van der Waals surface area contributed by atoms with Gasteiger partial charge in [0.2, 0.25) is 0 Å². The fourth-order valence-corrected chi connectivity index (χ4v) is 1.98. The summed E-state index contributed by atoms with van der Waals surface area (Å²) < 4.78 is 5.10. The molecule has 4 heteroatoms. The van der Waals surface area contributed by atoms with Crippen molar-refractivity contribution in [1.29, 1.82) is 5.26 Å². The molecule has 0 aliphatic carbocycles. The minimum Gasteiger partial charge on any atom is -0.380 e. The van der Waals surface area contributed by atoms with Gasteiger partial charge in [0.25, 0.3) is 0 Å². The van der Waals surface area contributed by atoms with Crippen LogP contribution in [0.25, 0.3) is 0 Å². The molecule has 0 atom stereocenters. The van der Waals surface area contributed by atoms with Gasteiger partial charge in [-0.15, -0.1) is 0 Å². The lowest BCUT2D eigenvalue weighted by Gasteiger charge is -2.09. The zero-order chi connectivity index (χ0) is 13.7. The molecule has 3 nitrogen and oxygen atoms in total. The number of benzene rings is 2. The number of rotatable bonds is 4. The van der Waals surface area contributed by atoms with Gasteiger partial charge in [-0.1, -0.05) is 23.7 Å². The van der Waals surface area contributed by atoms with Crippen molar-refractivity contribution in [2.45, 2.75) is 6.61 Å². The van der Waals surface area contributed by atoms with Gasteiger partial charge in [-0.3, -0.25) is 0 Å². The number of anilines is 2. The number of ether oxygens (including phenoxy) is 1. The molecule has 0 saturated carbocycles. The Kier molecular flexibility index (Phi) is 4.40. The predicted octanol–water partition coefficient (Wildman–Crippen LogP) is 4.10. The third-order valence-corrected chi connectivity index (χ3v) is 2.93. The van der Waals surface area contributed by atoms with E-state index in [1.165, 1.54) is 0 Å². The molecule has 0 aromatic heterocycles. The second-order valence-electron chi connectivity index (χ2n) is 4.06. The van der Waals surface area contributed by atoms with Crippen molar-refractivity contribution in [2.75, 3.05) is 12.4 Å². The quantitative estimate of drug-likeness (QED) is 0.911. The van der Waals surface area contributed by atoms with Crippen LogP contribution in [0.15, 0.2) is 42.5 Å². The van der Waals surface area contributed by atoms with Crippen LogP contribution in [0.1, 0.15) is 11.1 Å². The molecular formula is C15H13ClN2O. The van der Waals surface area contributed by atoms with E-state index in [9.17, 15) is 0 Å². The van der Waals surface area contributed by atoms with E-state index in [-0.39, 0.29) is 0 Å². The molecular weight excluding hydrogens is 260 g/mol. The van der Waals surface area contributed by atoms with E-state index in [2.05, 4.69) is 5.32 Å². The summed E-state index contributed by atoms with van der Waals surface area (Å²) in [7, 11) is 1.67. The predicted molar refractivity (Wildman–Crippen MR) is 76.6 cm³/mol. The molecule has 0 aliphatic heterocycles. The molecule has 19 heavy (non-hydrogen) atoms. The summed E-state index contributed by atoms with van der Waals surface area (Å²) in [5.74, 6) is 0. The maximum absolute atomic E-state index is 8.83. The fraction of sp³-hybridized carbons (Fsp3) is 0.133. The van der Waals surface area contributed by atoms with Crippen molar-refractivity contribution in [2.24, 2.45) is 0 Å². The third kappa shape index (κ3) is 3.47. The number of halogens is 1. The monoisotopic (exact) mass is 272 g/mol. The molecule has 2 aromatic rings. The summed E-state index contributed by atoms with van der Waals surface area (Å²) in [4.78, 5) is 0. The highest BCUT2D eigenvalue weighted by Gasteiger charge is 2.02. The van der Waals surface area contributed by atoms with Gasteiger partial charge in [-0.25, -0.2) is 0 Å². The third-order valence-electron chi connectivity index (χ3n) is 2.62. The Labute approximate surface area is 117 Å². The molecule has 0 aliphatic rings. The first kappa shape index (κ1) is 13.4. The standard InChI is InChI=1S/C15H13ClN2O/c1-19-10-11-3-2-4-13(7-11)18-14-6-5-12(9-17)15(16)8-14/h2-8,18H,10H2,1H3. The van der Waals surface area contributed by atoms with Crippen LogP contribution in [-0.4, -0.2) is 7.11 Å². The summed E-state index contributed by atoms with van der Waals surface area (Å²) in [6.07, 6.45) is 0. The Morgan fingerprint density at radius 3 is 2.68 bits per heavy atom. The lowest BCUT2D eigenvalue weighted by Crippen LogP contribution is -1.93. The van der Waals surface area contributed by atoms with Gasteiger partial charge in [0.1, 0.15) is 6.07 Å². The molecule has 0 fully saturated rings. The van der Waals surface area contributed by atoms with Crippen LogP contribution in [0, 0.1) is 11.3 Å². The minimum atomic E-state index is 0.445. The summed E-state index contributed by atoms with van der Waals surface area (Å²) in [5.41, 5.74) is 3.36. The molecule has 0 bridgehead atoms. The van der Waals surface area contributed by atoms with E-state index in [0.29, 0.717) is 17.2 Å². The van der Waals surface area contributed by atoms with Crippen LogP contribution in [0.4, 0.5) is 11.4 Å². The van der Waals surface area contributed by atoms with Gasteiger partial charge in [0, 0.05) is 18.5 Å². The van der Waals surface area contributed by atoms with Crippen molar-refractivity contribution in [3.8, 4) is 6.07 Å². The largest absolute Gasteiger partial charge is 0.380 e. The van der Waals surface area contributed by atoms with Crippen LogP contribution in [0.5, 0.6) is 0 Å². The van der Waals surface area contributed by atoms with Crippen molar-refractivity contribution in [3.63, 3.8) is 0 Å². The average molecular weight is 273 g/mol. The maximum Gasteiger partial charge on any atom is 0.101 e. The Morgan fingerprint density at radius 1 is 1.21 bits per heavy atom. The smallest absolute Gasteiger partial charge is 0.101 e. The van der Waals surface area contributed by atoms with Crippen molar-refractivity contribution in [1.82, 2.24) is 0 Å². The van der Waals surface area contributed by atoms with E-state index >= 15 is 0 Å². The first-order chi connectivity index (χ1) is 9.22. The van der Waals surface area contributed by atoms with Gasteiger partial charge in [-0.05, 0) is 35.9 Å². The molecule has 0 amide bonds. The topological polar surface area (TPSA) is 45.0 Å². The Morgan fingerprint density at radius 2 is 2.00 bits per heavy atom. The molecule has 0 unspecified atom stereocenters. The molecule has 2 rings (SSSR count). The highest BCUT2D eigenvalue weighted by Crippen LogP contribution is 2.23. The minimum absolute atomic E-state index is 0.445. The highest BCUT2D eigenvalue weighted by atomic mass is 35.5. The zero-order valence-corrected chi connectivity index (χ0v) is 11.2.